The Bertz CT molecular complexity index is 1180. The Morgan fingerprint density at radius 2 is 1.82 bits per heavy atom. The van der Waals surface area contributed by atoms with Crippen LogP contribution in [-0.2, 0) is 9.39 Å². The Kier molecular flexibility index (Phi) is 7.45. The molecule has 2 N–H and O–H groups in total. The van der Waals surface area contributed by atoms with Crippen LogP contribution in [0.1, 0.15) is 24.0 Å². The Labute approximate surface area is 195 Å². The molecule has 168 valence electrons. The summed E-state index contributed by atoms with van der Waals surface area (Å²) >= 11 is 0. The summed E-state index contributed by atoms with van der Waals surface area (Å²) in [6.45, 7) is 4.58. The summed E-state index contributed by atoms with van der Waals surface area (Å²) in [6, 6.07) is 21.8. The van der Waals surface area contributed by atoms with E-state index in [1.807, 2.05) is 54.6 Å². The summed E-state index contributed by atoms with van der Waals surface area (Å²) in [7, 11) is 0.844. The molecule has 0 amide bonds. The molecule has 3 aromatic rings. The van der Waals surface area contributed by atoms with Gasteiger partial charge in [-0.15, -0.1) is 0 Å². The molecule has 0 saturated carbocycles. The minimum atomic E-state index is -0.806. The van der Waals surface area contributed by atoms with Crippen LogP contribution < -0.4 is 0 Å². The number of fused-ring (bicyclic) bond motifs is 1. The third-order valence-corrected chi connectivity index (χ3v) is 6.02. The topological polar surface area (TPSA) is 58.9 Å². The first-order valence-corrected chi connectivity index (χ1v) is 11.2. The number of hydrogen-bond acceptors (Lipinski definition) is 4. The van der Waals surface area contributed by atoms with Crippen molar-refractivity contribution in [3.05, 3.63) is 102 Å². The number of hydrogen-bond donors (Lipinski definition) is 2. The molecule has 0 spiro atoms. The van der Waals surface area contributed by atoms with Gasteiger partial charge in [0.25, 0.3) is 0 Å². The average molecular weight is 440 g/mol. The highest BCUT2D eigenvalue weighted by atomic mass is 16.5. The lowest BCUT2D eigenvalue weighted by molar-refractivity contribution is 0.177. The average Bonchev–Trinajstić information content (AvgIpc) is 2.84. The molecule has 33 heavy (non-hydrogen) atoms. The monoisotopic (exact) mass is 440 g/mol. The molecule has 4 rings (SSSR count). The van der Waals surface area contributed by atoms with Gasteiger partial charge < -0.3 is 19.5 Å². The highest BCUT2D eigenvalue weighted by molar-refractivity contribution is 6.43. The summed E-state index contributed by atoms with van der Waals surface area (Å²) < 4.78 is 11.2. The fourth-order valence-electron chi connectivity index (χ4n) is 4.39. The lowest BCUT2D eigenvalue weighted by atomic mass is 9.78. The Hall–Kier alpha value is -3.12. The molecular weight excluding hydrogens is 411 g/mol. The molecule has 1 aliphatic heterocycles. The zero-order valence-corrected chi connectivity index (χ0v) is 18.9. The van der Waals surface area contributed by atoms with E-state index in [9.17, 15) is 10.1 Å². The molecule has 0 aliphatic carbocycles. The number of ether oxygens (including phenoxy) is 1. The summed E-state index contributed by atoms with van der Waals surface area (Å²) in [5, 5.41) is 22.2. The van der Waals surface area contributed by atoms with Gasteiger partial charge in [0.1, 0.15) is 5.75 Å². The van der Waals surface area contributed by atoms with E-state index >= 15 is 0 Å². The van der Waals surface area contributed by atoms with Crippen LogP contribution in [0.15, 0.2) is 90.5 Å². The van der Waals surface area contributed by atoms with Crippen molar-refractivity contribution in [2.24, 2.45) is 0 Å². The number of phenolic OH excluding ortho intramolecular Hbond substituents is 1. The second kappa shape index (κ2) is 10.7. The van der Waals surface area contributed by atoms with Crippen LogP contribution in [0.25, 0.3) is 22.4 Å². The van der Waals surface area contributed by atoms with E-state index < -0.39 is 7.12 Å². The molecule has 1 aliphatic rings. The molecule has 1 heterocycles. The van der Waals surface area contributed by atoms with Crippen LogP contribution in [0.5, 0.6) is 5.75 Å². The van der Waals surface area contributed by atoms with Crippen molar-refractivity contribution in [1.82, 2.24) is 0 Å². The van der Waals surface area contributed by atoms with E-state index in [0.717, 1.165) is 45.0 Å². The van der Waals surface area contributed by atoms with Crippen molar-refractivity contribution in [2.45, 2.75) is 25.3 Å². The van der Waals surface area contributed by atoms with Crippen molar-refractivity contribution in [1.29, 1.82) is 0 Å². The summed E-state index contributed by atoms with van der Waals surface area (Å²) in [6.07, 6.45) is 5.84. The number of methoxy groups -OCH3 is 1. The van der Waals surface area contributed by atoms with Crippen LogP contribution in [0.2, 0.25) is 6.32 Å². The fourth-order valence-corrected chi connectivity index (χ4v) is 4.39. The van der Waals surface area contributed by atoms with Crippen molar-refractivity contribution in [3.63, 3.8) is 0 Å². The molecule has 5 heteroatoms. The predicted molar refractivity (Wildman–Crippen MR) is 136 cm³/mol. The van der Waals surface area contributed by atoms with Gasteiger partial charge in [-0.2, -0.15) is 0 Å². The van der Waals surface area contributed by atoms with Crippen LogP contribution >= 0.6 is 0 Å². The van der Waals surface area contributed by atoms with E-state index in [2.05, 4.69) is 24.8 Å². The lowest BCUT2D eigenvalue weighted by Crippen LogP contribution is -2.32. The lowest BCUT2D eigenvalue weighted by Gasteiger charge is -2.28. The first kappa shape index (κ1) is 23.1. The van der Waals surface area contributed by atoms with Crippen molar-refractivity contribution in [2.75, 3.05) is 13.7 Å². The number of phenols is 1. The highest BCUT2D eigenvalue weighted by Crippen LogP contribution is 2.33. The van der Waals surface area contributed by atoms with Crippen LogP contribution in [0, 0.1) is 0 Å². The largest absolute Gasteiger partial charge is 0.507 e. The fraction of sp³-hybridized carbons (Fsp3) is 0.214. The van der Waals surface area contributed by atoms with E-state index in [-0.39, 0.29) is 11.9 Å². The molecule has 4 nitrogen and oxygen atoms in total. The third-order valence-electron chi connectivity index (χ3n) is 6.02. The molecule has 0 radical (unpaired) electrons. The predicted octanol–water partition coefficient (Wildman–Crippen LogP) is 5.87. The molecule has 0 saturated heterocycles. The highest BCUT2D eigenvalue weighted by Gasteiger charge is 2.28. The zero-order valence-electron chi connectivity index (χ0n) is 18.9. The van der Waals surface area contributed by atoms with Crippen LogP contribution in [-0.4, -0.2) is 37.1 Å². The van der Waals surface area contributed by atoms with Crippen molar-refractivity contribution >= 4 is 29.5 Å². The van der Waals surface area contributed by atoms with Gasteiger partial charge in [-0.25, -0.2) is 0 Å². The Balaban J connectivity index is 1.67. The van der Waals surface area contributed by atoms with Crippen LogP contribution in [0.4, 0.5) is 0 Å². The molecule has 1 atom stereocenters. The molecule has 0 bridgehead atoms. The number of rotatable bonds is 8. The SMILES string of the molecule is C=C(COC)C1=CCB(O)OC1CC/C(=C/c1ccc(O)c2ccccc12)c1ccccc1. The molecule has 0 fully saturated rings. The van der Waals surface area contributed by atoms with E-state index in [4.69, 9.17) is 9.39 Å². The summed E-state index contributed by atoms with van der Waals surface area (Å²) in [5.41, 5.74) is 5.22. The molecule has 0 aromatic heterocycles. The van der Waals surface area contributed by atoms with E-state index in [0.29, 0.717) is 19.3 Å². The first-order valence-electron chi connectivity index (χ1n) is 11.2. The summed E-state index contributed by atoms with van der Waals surface area (Å²) in [4.78, 5) is 0. The Morgan fingerprint density at radius 3 is 2.58 bits per heavy atom. The first-order chi connectivity index (χ1) is 16.1. The van der Waals surface area contributed by atoms with Gasteiger partial charge in [0.05, 0.1) is 12.7 Å². The maximum Gasteiger partial charge on any atom is 0.458 e. The zero-order chi connectivity index (χ0) is 23.2. The van der Waals surface area contributed by atoms with Gasteiger partial charge in [0.2, 0.25) is 0 Å². The van der Waals surface area contributed by atoms with Gasteiger partial charge in [-0.05, 0) is 52.1 Å². The van der Waals surface area contributed by atoms with E-state index in [1.54, 1.807) is 13.2 Å². The van der Waals surface area contributed by atoms with Crippen LogP contribution in [0.3, 0.4) is 0 Å². The molecule has 3 aromatic carbocycles. The maximum absolute atomic E-state index is 10.3. The number of benzene rings is 3. The minimum Gasteiger partial charge on any atom is -0.507 e. The summed E-state index contributed by atoms with van der Waals surface area (Å²) in [5.74, 6) is 0.278. The standard InChI is InChI=1S/C28H29BO4/c1-20(19-32-2)24-16-17-29(31)33-28(24)15-13-22(21-8-4-3-5-9-21)18-23-12-14-27(30)26-11-7-6-10-25(23)26/h3-12,14,16,18,28,30-31H,1,13,15,17,19H2,2H3/b22-18-. The number of aromatic hydroxyl groups is 1. The molecular formula is C28H29BO4. The van der Waals surface area contributed by atoms with Gasteiger partial charge in [0, 0.05) is 18.8 Å². The Morgan fingerprint density at radius 1 is 1.09 bits per heavy atom. The molecule has 1 unspecified atom stereocenters. The smallest absolute Gasteiger partial charge is 0.458 e. The third kappa shape index (κ3) is 5.45. The normalized spacial score (nSPS) is 16.7. The van der Waals surface area contributed by atoms with E-state index in [1.165, 1.54) is 0 Å². The second-order valence-electron chi connectivity index (χ2n) is 8.30. The van der Waals surface area contributed by atoms with Gasteiger partial charge in [-0.1, -0.05) is 79.4 Å². The second-order valence-corrected chi connectivity index (χ2v) is 8.30. The van der Waals surface area contributed by atoms with Gasteiger partial charge >= 0.3 is 7.12 Å². The van der Waals surface area contributed by atoms with Gasteiger partial charge in [-0.3, -0.25) is 0 Å². The minimum absolute atomic E-state index is 0.250. The quantitative estimate of drug-likeness (QED) is 0.340. The maximum atomic E-state index is 10.3. The van der Waals surface area contributed by atoms with Gasteiger partial charge in [0.15, 0.2) is 0 Å². The number of allylic oxidation sites excluding steroid dienone is 2. The van der Waals surface area contributed by atoms with Crippen molar-refractivity contribution in [3.8, 4) is 5.75 Å². The van der Waals surface area contributed by atoms with Crippen molar-refractivity contribution < 1.29 is 19.5 Å².